The molecule has 2 fully saturated rings. The predicted octanol–water partition coefficient (Wildman–Crippen LogP) is 3.89. The zero-order chi connectivity index (χ0) is 21.4. The summed E-state index contributed by atoms with van der Waals surface area (Å²) in [7, 11) is -1.09. The fraction of sp³-hybridized carbons (Fsp3) is 0.565. The molecule has 8 heteroatoms. The third-order valence-corrected chi connectivity index (χ3v) is 8.81. The van der Waals surface area contributed by atoms with Gasteiger partial charge in [-0.2, -0.15) is 4.98 Å². The first-order valence-electron chi connectivity index (χ1n) is 11.3. The summed E-state index contributed by atoms with van der Waals surface area (Å²) in [6.07, 6.45) is 6.72. The van der Waals surface area contributed by atoms with Gasteiger partial charge in [-0.3, -0.25) is 4.21 Å². The molecule has 0 radical (unpaired) electrons. The summed E-state index contributed by atoms with van der Waals surface area (Å²) in [4.78, 5) is 12.7. The van der Waals surface area contributed by atoms with E-state index in [0.717, 1.165) is 79.6 Å². The zero-order valence-electron chi connectivity index (χ0n) is 17.6. The maximum Gasteiger partial charge on any atom is 0.227 e. The van der Waals surface area contributed by atoms with Crippen LogP contribution < -0.4 is 10.2 Å². The van der Waals surface area contributed by atoms with Crippen LogP contribution in [-0.2, 0) is 17.2 Å². The third-order valence-electron chi connectivity index (χ3n) is 7.01. The van der Waals surface area contributed by atoms with E-state index in [1.807, 2.05) is 12.1 Å². The monoisotopic (exact) mass is 460 g/mol. The quantitative estimate of drug-likeness (QED) is 0.704. The Hall–Kier alpha value is -1.70. The average Bonchev–Trinajstić information content (AvgIpc) is 2.77. The van der Waals surface area contributed by atoms with Gasteiger partial charge in [0.25, 0.3) is 0 Å². The van der Waals surface area contributed by atoms with Crippen molar-refractivity contribution in [1.82, 2.24) is 9.97 Å². The molecule has 31 heavy (non-hydrogen) atoms. The first kappa shape index (κ1) is 21.2. The van der Waals surface area contributed by atoms with Gasteiger partial charge in [-0.15, -0.1) is 0 Å². The molecule has 1 saturated heterocycles. The molecule has 5 rings (SSSR count). The van der Waals surface area contributed by atoms with Crippen LogP contribution in [0.1, 0.15) is 55.7 Å². The Morgan fingerprint density at radius 1 is 1.16 bits per heavy atom. The van der Waals surface area contributed by atoms with Gasteiger partial charge in [0.2, 0.25) is 5.95 Å². The number of fused-ring (bicyclic) bond motifs is 1. The van der Waals surface area contributed by atoms with Crippen LogP contribution in [0.5, 0.6) is 0 Å². The summed E-state index contributed by atoms with van der Waals surface area (Å²) in [5.41, 5.74) is 1.91. The smallest absolute Gasteiger partial charge is 0.227 e. The molecule has 6 nitrogen and oxygen atoms in total. The lowest BCUT2D eigenvalue weighted by molar-refractivity contribution is 0.143. The first-order chi connectivity index (χ1) is 15.1. The Bertz CT molecular complexity index is 967. The van der Waals surface area contributed by atoms with Crippen LogP contribution in [-0.4, -0.2) is 50.3 Å². The molecule has 0 amide bonds. The van der Waals surface area contributed by atoms with Crippen LogP contribution in [0.15, 0.2) is 29.2 Å². The van der Waals surface area contributed by atoms with Crippen LogP contribution >= 0.6 is 11.6 Å². The van der Waals surface area contributed by atoms with E-state index >= 15 is 0 Å². The van der Waals surface area contributed by atoms with E-state index < -0.39 is 10.8 Å². The van der Waals surface area contributed by atoms with E-state index in [1.165, 1.54) is 5.56 Å². The van der Waals surface area contributed by atoms with Gasteiger partial charge in [0.1, 0.15) is 10.7 Å². The van der Waals surface area contributed by atoms with Crippen molar-refractivity contribution in [3.8, 4) is 0 Å². The minimum absolute atomic E-state index is 0.0697. The number of nitrogens with zero attached hydrogens (tertiary/aromatic N) is 3. The van der Waals surface area contributed by atoms with E-state index in [9.17, 15) is 9.32 Å². The van der Waals surface area contributed by atoms with Crippen molar-refractivity contribution in [2.45, 2.75) is 61.3 Å². The molecule has 1 saturated carbocycles. The van der Waals surface area contributed by atoms with Gasteiger partial charge in [0.05, 0.1) is 28.6 Å². The summed E-state index contributed by atoms with van der Waals surface area (Å²) in [6, 6.07) is 8.18. The first-order valence-corrected chi connectivity index (χ1v) is 13.0. The number of anilines is 2. The normalized spacial score (nSPS) is 23.2. The van der Waals surface area contributed by atoms with Gasteiger partial charge in [-0.05, 0) is 68.6 Å². The number of aliphatic hydroxyl groups excluding tert-OH is 1. The average molecular weight is 461 g/mol. The third kappa shape index (κ3) is 4.20. The Labute approximate surface area is 190 Å². The number of nitrogens with one attached hydrogen (secondary N) is 1. The second-order valence-corrected chi connectivity index (χ2v) is 11.0. The van der Waals surface area contributed by atoms with Crippen molar-refractivity contribution in [2.24, 2.45) is 0 Å². The SMILES string of the molecule is O=[S@]1CCCc2nc(N3CCC(c4ccc(Cl)cc4)CC3)nc(NC3(CO)CCC3)c21. The molecule has 0 bridgehead atoms. The minimum atomic E-state index is -1.09. The van der Waals surface area contributed by atoms with Crippen molar-refractivity contribution >= 4 is 34.2 Å². The highest BCUT2D eigenvalue weighted by molar-refractivity contribution is 7.85. The maximum absolute atomic E-state index is 12.8. The molecule has 2 aromatic rings. The molecule has 0 spiro atoms. The Balaban J connectivity index is 1.39. The molecule has 3 heterocycles. The Kier molecular flexibility index (Phi) is 5.92. The number of rotatable bonds is 5. The molecule has 2 aliphatic heterocycles. The summed E-state index contributed by atoms with van der Waals surface area (Å²) in [5.74, 6) is 2.57. The number of halogens is 1. The maximum atomic E-state index is 12.8. The van der Waals surface area contributed by atoms with E-state index in [0.29, 0.717) is 17.5 Å². The fourth-order valence-corrected chi connectivity index (χ4v) is 6.38. The topological polar surface area (TPSA) is 78.4 Å². The van der Waals surface area contributed by atoms with Gasteiger partial charge in [0.15, 0.2) is 0 Å². The van der Waals surface area contributed by atoms with Crippen LogP contribution in [0.2, 0.25) is 5.02 Å². The number of aromatic nitrogens is 2. The van der Waals surface area contributed by atoms with Gasteiger partial charge >= 0.3 is 0 Å². The highest BCUT2D eigenvalue weighted by Gasteiger charge is 2.38. The standard InChI is InChI=1S/C23H29ClN4O2S/c24-18-6-4-16(5-7-18)17-8-12-28(13-9-17)22-25-19-3-1-14-31(30)20(19)21(26-22)27-23(15-29)10-2-11-23/h4-7,17,29H,1-3,8-15H2,(H,25,26,27)/t31-/m0/s1. The molecule has 1 aromatic heterocycles. The molecule has 0 unspecified atom stereocenters. The Morgan fingerprint density at radius 2 is 1.90 bits per heavy atom. The van der Waals surface area contributed by atoms with Crippen LogP contribution in [0.4, 0.5) is 11.8 Å². The summed E-state index contributed by atoms with van der Waals surface area (Å²) < 4.78 is 12.8. The number of hydrogen-bond donors (Lipinski definition) is 2. The van der Waals surface area contributed by atoms with E-state index in [1.54, 1.807) is 0 Å². The number of piperidine rings is 1. The number of benzene rings is 1. The fourth-order valence-electron chi connectivity index (χ4n) is 4.92. The number of aryl methyl sites for hydroxylation is 1. The molecule has 1 aliphatic carbocycles. The zero-order valence-corrected chi connectivity index (χ0v) is 19.2. The second-order valence-electron chi connectivity index (χ2n) is 9.03. The van der Waals surface area contributed by atoms with Crippen molar-refractivity contribution < 1.29 is 9.32 Å². The lowest BCUT2D eigenvalue weighted by Gasteiger charge is -2.42. The van der Waals surface area contributed by atoms with Crippen LogP contribution in [0.3, 0.4) is 0 Å². The minimum Gasteiger partial charge on any atom is -0.394 e. The van der Waals surface area contributed by atoms with Crippen molar-refractivity contribution in [2.75, 3.05) is 35.7 Å². The van der Waals surface area contributed by atoms with Gasteiger partial charge in [-0.25, -0.2) is 4.98 Å². The summed E-state index contributed by atoms with van der Waals surface area (Å²) >= 11 is 6.04. The lowest BCUT2D eigenvalue weighted by Crippen LogP contribution is -2.49. The van der Waals surface area contributed by atoms with Gasteiger partial charge < -0.3 is 15.3 Å². The lowest BCUT2D eigenvalue weighted by atomic mass is 9.77. The van der Waals surface area contributed by atoms with Crippen LogP contribution in [0.25, 0.3) is 0 Å². The molecule has 2 N–H and O–H groups in total. The molecule has 1 aromatic carbocycles. The van der Waals surface area contributed by atoms with Crippen LogP contribution in [0, 0.1) is 0 Å². The number of aliphatic hydroxyl groups is 1. The van der Waals surface area contributed by atoms with E-state index in [-0.39, 0.29) is 12.1 Å². The predicted molar refractivity (Wildman–Crippen MR) is 125 cm³/mol. The highest BCUT2D eigenvalue weighted by Crippen LogP contribution is 2.38. The molecule has 166 valence electrons. The second kappa shape index (κ2) is 8.68. The van der Waals surface area contributed by atoms with Crippen molar-refractivity contribution in [3.05, 3.63) is 40.5 Å². The molecule has 3 aliphatic rings. The summed E-state index contributed by atoms with van der Waals surface area (Å²) in [6.45, 7) is 1.85. The molecular formula is C23H29ClN4O2S. The Morgan fingerprint density at radius 3 is 2.55 bits per heavy atom. The summed E-state index contributed by atoms with van der Waals surface area (Å²) in [5, 5.41) is 14.2. The van der Waals surface area contributed by atoms with E-state index in [4.69, 9.17) is 21.6 Å². The molecular weight excluding hydrogens is 432 g/mol. The highest BCUT2D eigenvalue weighted by atomic mass is 35.5. The number of hydrogen-bond acceptors (Lipinski definition) is 6. The van der Waals surface area contributed by atoms with Gasteiger partial charge in [-0.1, -0.05) is 23.7 Å². The molecule has 1 atom stereocenters. The largest absolute Gasteiger partial charge is 0.394 e. The van der Waals surface area contributed by atoms with Gasteiger partial charge in [0, 0.05) is 23.9 Å². The van der Waals surface area contributed by atoms with E-state index in [2.05, 4.69) is 22.3 Å². The van der Waals surface area contributed by atoms with Crippen molar-refractivity contribution in [3.63, 3.8) is 0 Å². The van der Waals surface area contributed by atoms with Crippen molar-refractivity contribution in [1.29, 1.82) is 0 Å².